The predicted octanol–water partition coefficient (Wildman–Crippen LogP) is 3.12. The summed E-state index contributed by atoms with van der Waals surface area (Å²) < 4.78 is 0. The van der Waals surface area contributed by atoms with Gasteiger partial charge in [0.1, 0.15) is 0 Å². The van der Waals surface area contributed by atoms with E-state index in [-0.39, 0.29) is 0 Å². The lowest BCUT2D eigenvalue weighted by atomic mass is 9.99. The van der Waals surface area contributed by atoms with Crippen molar-refractivity contribution in [1.29, 1.82) is 5.26 Å². The molecule has 0 heterocycles. The summed E-state index contributed by atoms with van der Waals surface area (Å²) in [4.78, 5) is 0. The van der Waals surface area contributed by atoms with Gasteiger partial charge in [0.2, 0.25) is 0 Å². The van der Waals surface area contributed by atoms with Crippen molar-refractivity contribution in [1.82, 2.24) is 0 Å². The summed E-state index contributed by atoms with van der Waals surface area (Å²) in [6, 6.07) is 5.97. The molecule has 0 aliphatic rings. The highest BCUT2D eigenvalue weighted by molar-refractivity contribution is 7.80. The van der Waals surface area contributed by atoms with Crippen molar-refractivity contribution in [3.05, 3.63) is 40.5 Å². The number of thiol groups is 1. The minimum Gasteiger partial charge on any atom is -0.192 e. The van der Waals surface area contributed by atoms with E-state index in [2.05, 4.69) is 24.8 Å². The first-order chi connectivity index (χ1) is 6.69. The topological polar surface area (TPSA) is 23.8 Å². The second kappa shape index (κ2) is 4.88. The predicted molar refractivity (Wildman–Crippen MR) is 63.5 cm³/mol. The van der Waals surface area contributed by atoms with Crippen LogP contribution in [0.4, 0.5) is 0 Å². The maximum absolute atomic E-state index is 8.77. The minimum absolute atomic E-state index is 0.725. The summed E-state index contributed by atoms with van der Waals surface area (Å²) in [6.45, 7) is 4.04. The highest BCUT2D eigenvalue weighted by atomic mass is 32.1. The Labute approximate surface area is 90.5 Å². The second-order valence-corrected chi connectivity index (χ2v) is 3.59. The molecule has 0 aliphatic carbocycles. The van der Waals surface area contributed by atoms with E-state index in [1.807, 2.05) is 32.1 Å². The fourth-order valence-electron chi connectivity index (χ4n) is 1.47. The Bertz CT molecular complexity index is 376. The van der Waals surface area contributed by atoms with Crippen LogP contribution in [0.25, 0.3) is 6.08 Å². The molecule has 0 saturated heterocycles. The Balaban J connectivity index is 3.20. The molecule has 1 rings (SSSR count). The molecule has 0 amide bonds. The standard InChI is InChI=1S/C12H13NS/c1-9-6-11(8-13)7-10(2)12(9)4-3-5-14/h3-4,6-7,14H,5H2,1-2H3. The van der Waals surface area contributed by atoms with Gasteiger partial charge in [-0.15, -0.1) is 0 Å². The van der Waals surface area contributed by atoms with Crippen molar-refractivity contribution in [3.8, 4) is 6.07 Å². The van der Waals surface area contributed by atoms with Gasteiger partial charge in [0.15, 0.2) is 0 Å². The van der Waals surface area contributed by atoms with Gasteiger partial charge >= 0.3 is 0 Å². The van der Waals surface area contributed by atoms with Gasteiger partial charge in [-0.1, -0.05) is 12.2 Å². The Kier molecular flexibility index (Phi) is 3.79. The maximum atomic E-state index is 8.77. The summed E-state index contributed by atoms with van der Waals surface area (Å²) in [5, 5.41) is 8.77. The maximum Gasteiger partial charge on any atom is 0.0991 e. The Morgan fingerprint density at radius 1 is 1.36 bits per heavy atom. The highest BCUT2D eigenvalue weighted by Crippen LogP contribution is 2.17. The molecule has 1 nitrogen and oxygen atoms in total. The van der Waals surface area contributed by atoms with Crippen molar-refractivity contribution < 1.29 is 0 Å². The van der Waals surface area contributed by atoms with Crippen LogP contribution in [-0.4, -0.2) is 5.75 Å². The van der Waals surface area contributed by atoms with Crippen molar-refractivity contribution >= 4 is 18.7 Å². The van der Waals surface area contributed by atoms with Crippen LogP contribution in [0.5, 0.6) is 0 Å². The fraction of sp³-hybridized carbons (Fsp3) is 0.250. The summed E-state index contributed by atoms with van der Waals surface area (Å²) in [5.41, 5.74) is 4.19. The molecule has 0 spiro atoms. The zero-order valence-electron chi connectivity index (χ0n) is 8.41. The number of rotatable bonds is 2. The second-order valence-electron chi connectivity index (χ2n) is 3.22. The number of nitriles is 1. The Hall–Kier alpha value is -1.20. The molecule has 0 saturated carbocycles. The Morgan fingerprint density at radius 2 is 1.93 bits per heavy atom. The molecule has 0 atom stereocenters. The Morgan fingerprint density at radius 3 is 2.36 bits per heavy atom. The van der Waals surface area contributed by atoms with E-state index in [9.17, 15) is 0 Å². The smallest absolute Gasteiger partial charge is 0.0991 e. The van der Waals surface area contributed by atoms with Gasteiger partial charge < -0.3 is 0 Å². The van der Waals surface area contributed by atoms with E-state index in [1.165, 1.54) is 5.56 Å². The van der Waals surface area contributed by atoms with Gasteiger partial charge in [-0.3, -0.25) is 0 Å². The molecule has 1 aromatic rings. The van der Waals surface area contributed by atoms with E-state index in [0.29, 0.717) is 0 Å². The third kappa shape index (κ3) is 2.40. The molecule has 0 radical (unpaired) electrons. The molecular weight excluding hydrogens is 190 g/mol. The van der Waals surface area contributed by atoms with E-state index >= 15 is 0 Å². The van der Waals surface area contributed by atoms with Crippen LogP contribution in [0, 0.1) is 25.2 Å². The summed E-state index contributed by atoms with van der Waals surface area (Å²) in [6.07, 6.45) is 4.06. The molecule has 0 aliphatic heterocycles. The quantitative estimate of drug-likeness (QED) is 0.734. The van der Waals surface area contributed by atoms with Crippen LogP contribution in [0.3, 0.4) is 0 Å². The summed E-state index contributed by atoms with van der Waals surface area (Å²) in [5.74, 6) is 0.735. The number of hydrogen-bond donors (Lipinski definition) is 1. The highest BCUT2D eigenvalue weighted by Gasteiger charge is 2.01. The average molecular weight is 203 g/mol. The van der Waals surface area contributed by atoms with E-state index in [1.54, 1.807) is 0 Å². The van der Waals surface area contributed by atoms with Gasteiger partial charge in [0, 0.05) is 5.75 Å². The molecular formula is C12H13NS. The molecule has 0 N–H and O–H groups in total. The molecule has 72 valence electrons. The number of hydrogen-bond acceptors (Lipinski definition) is 2. The van der Waals surface area contributed by atoms with Crippen LogP contribution >= 0.6 is 12.6 Å². The third-order valence-corrected chi connectivity index (χ3v) is 2.32. The van der Waals surface area contributed by atoms with Crippen molar-refractivity contribution in [2.45, 2.75) is 13.8 Å². The largest absolute Gasteiger partial charge is 0.192 e. The summed E-state index contributed by atoms with van der Waals surface area (Å²) >= 11 is 4.12. The first-order valence-corrected chi connectivity index (χ1v) is 5.11. The van der Waals surface area contributed by atoms with Crippen LogP contribution < -0.4 is 0 Å². The first-order valence-electron chi connectivity index (χ1n) is 4.47. The number of benzene rings is 1. The van der Waals surface area contributed by atoms with Gasteiger partial charge in [-0.2, -0.15) is 17.9 Å². The first kappa shape index (κ1) is 10.9. The normalized spacial score (nSPS) is 10.4. The molecule has 1 aromatic carbocycles. The van der Waals surface area contributed by atoms with Crippen LogP contribution in [0.15, 0.2) is 18.2 Å². The zero-order chi connectivity index (χ0) is 10.6. The molecule has 14 heavy (non-hydrogen) atoms. The molecule has 0 bridgehead atoms. The van der Waals surface area contributed by atoms with Crippen LogP contribution in [-0.2, 0) is 0 Å². The van der Waals surface area contributed by atoms with Gasteiger partial charge in [-0.05, 0) is 42.7 Å². The van der Waals surface area contributed by atoms with Crippen LogP contribution in [0.2, 0.25) is 0 Å². The van der Waals surface area contributed by atoms with Gasteiger partial charge in [0.25, 0.3) is 0 Å². The van der Waals surface area contributed by atoms with Crippen molar-refractivity contribution in [2.24, 2.45) is 0 Å². The van der Waals surface area contributed by atoms with Crippen molar-refractivity contribution in [3.63, 3.8) is 0 Å². The SMILES string of the molecule is Cc1cc(C#N)cc(C)c1C=CCS. The zero-order valence-corrected chi connectivity index (χ0v) is 9.31. The average Bonchev–Trinajstić information content (AvgIpc) is 2.16. The minimum atomic E-state index is 0.725. The lowest BCUT2D eigenvalue weighted by Crippen LogP contribution is -1.88. The molecule has 0 unspecified atom stereocenters. The lowest BCUT2D eigenvalue weighted by Gasteiger charge is -2.05. The summed E-state index contributed by atoms with van der Waals surface area (Å²) in [7, 11) is 0. The number of aryl methyl sites for hydroxylation is 2. The van der Waals surface area contributed by atoms with Crippen molar-refractivity contribution in [2.75, 3.05) is 5.75 Å². The monoisotopic (exact) mass is 203 g/mol. The van der Waals surface area contributed by atoms with Crippen LogP contribution in [0.1, 0.15) is 22.3 Å². The molecule has 0 aromatic heterocycles. The van der Waals surface area contributed by atoms with E-state index < -0.39 is 0 Å². The lowest BCUT2D eigenvalue weighted by molar-refractivity contribution is 1.33. The van der Waals surface area contributed by atoms with E-state index in [0.717, 1.165) is 22.4 Å². The molecule has 2 heteroatoms. The number of nitrogens with zero attached hydrogens (tertiary/aromatic N) is 1. The van der Waals surface area contributed by atoms with E-state index in [4.69, 9.17) is 5.26 Å². The third-order valence-electron chi connectivity index (χ3n) is 2.11. The van der Waals surface area contributed by atoms with Gasteiger partial charge in [0.05, 0.1) is 11.6 Å². The molecule has 0 fully saturated rings. The van der Waals surface area contributed by atoms with Gasteiger partial charge in [-0.25, -0.2) is 0 Å². The fourth-order valence-corrected chi connectivity index (χ4v) is 1.58.